The molecule has 0 unspecified atom stereocenters. The van der Waals surface area contributed by atoms with E-state index in [0.29, 0.717) is 0 Å². The third-order valence-corrected chi connectivity index (χ3v) is 3.58. The van der Waals surface area contributed by atoms with Crippen molar-refractivity contribution in [2.24, 2.45) is 0 Å². The lowest BCUT2D eigenvalue weighted by Crippen LogP contribution is -2.33. The van der Waals surface area contributed by atoms with Crippen LogP contribution in [0.1, 0.15) is 46.2 Å². The van der Waals surface area contributed by atoms with E-state index in [4.69, 9.17) is 0 Å². The molecule has 1 heterocycles. The maximum Gasteiger partial charge on any atom is 0.0965 e. The fourth-order valence-electron chi connectivity index (χ4n) is 2.18. The van der Waals surface area contributed by atoms with E-state index in [-0.39, 0.29) is 5.54 Å². The molecule has 1 aliphatic rings. The lowest BCUT2D eigenvalue weighted by atomic mass is 10.1. The minimum Gasteiger partial charge on any atom is -0.310 e. The first-order valence-electron chi connectivity index (χ1n) is 7.37. The number of nitrogens with one attached hydrogen (secondary N) is 1. The molecule has 0 amide bonds. The first kappa shape index (κ1) is 14.5. The van der Waals surface area contributed by atoms with Crippen molar-refractivity contribution in [2.45, 2.75) is 58.7 Å². The van der Waals surface area contributed by atoms with E-state index in [1.807, 2.05) is 10.9 Å². The van der Waals surface area contributed by atoms with Crippen LogP contribution in [0.15, 0.2) is 6.20 Å². The zero-order chi connectivity index (χ0) is 13.9. The van der Waals surface area contributed by atoms with Crippen LogP contribution in [0.3, 0.4) is 0 Å². The van der Waals surface area contributed by atoms with E-state index in [1.165, 1.54) is 12.8 Å². The third-order valence-electron chi connectivity index (χ3n) is 3.58. The molecule has 5 nitrogen and oxygen atoms in total. The van der Waals surface area contributed by atoms with Crippen LogP contribution in [0.4, 0.5) is 0 Å². The van der Waals surface area contributed by atoms with Crippen LogP contribution < -0.4 is 5.32 Å². The van der Waals surface area contributed by atoms with Crippen molar-refractivity contribution in [3.8, 4) is 0 Å². The Bertz CT molecular complexity index is 389. The van der Waals surface area contributed by atoms with Crippen molar-refractivity contribution in [1.82, 2.24) is 25.2 Å². The second-order valence-electron chi connectivity index (χ2n) is 6.36. The van der Waals surface area contributed by atoms with Crippen LogP contribution in [0.25, 0.3) is 0 Å². The van der Waals surface area contributed by atoms with E-state index in [1.54, 1.807) is 0 Å². The standard InChI is InChI=1S/C14H27N5/c1-5-18(13-6-7-13)9-8-15-10-12-11-19(17-16-12)14(2,3)4/h11,13,15H,5-10H2,1-4H3. The van der Waals surface area contributed by atoms with E-state index < -0.39 is 0 Å². The fourth-order valence-corrected chi connectivity index (χ4v) is 2.18. The van der Waals surface area contributed by atoms with Crippen LogP contribution in [-0.4, -0.2) is 45.6 Å². The minimum absolute atomic E-state index is 0.0102. The Hall–Kier alpha value is -0.940. The molecule has 0 saturated heterocycles. The van der Waals surface area contributed by atoms with Gasteiger partial charge in [0.1, 0.15) is 0 Å². The molecule has 1 N–H and O–H groups in total. The SMILES string of the molecule is CCN(CCNCc1cn(C(C)(C)C)nn1)C1CC1. The molecular weight excluding hydrogens is 238 g/mol. The van der Waals surface area contributed by atoms with E-state index in [2.05, 4.69) is 48.2 Å². The Morgan fingerprint density at radius 2 is 2.16 bits per heavy atom. The molecule has 1 saturated carbocycles. The second kappa shape index (κ2) is 6.01. The lowest BCUT2D eigenvalue weighted by Gasteiger charge is -2.19. The summed E-state index contributed by atoms with van der Waals surface area (Å²) in [6, 6.07) is 0.855. The average Bonchev–Trinajstić information content (AvgIpc) is 3.05. The highest BCUT2D eigenvalue weighted by Gasteiger charge is 2.27. The van der Waals surface area contributed by atoms with Gasteiger partial charge < -0.3 is 5.32 Å². The van der Waals surface area contributed by atoms with Crippen molar-refractivity contribution >= 4 is 0 Å². The maximum absolute atomic E-state index is 4.20. The second-order valence-corrected chi connectivity index (χ2v) is 6.36. The molecule has 5 heteroatoms. The molecule has 19 heavy (non-hydrogen) atoms. The number of aromatic nitrogens is 3. The van der Waals surface area contributed by atoms with Gasteiger partial charge in [0.15, 0.2) is 0 Å². The van der Waals surface area contributed by atoms with Crippen LogP contribution >= 0.6 is 0 Å². The number of likely N-dealkylation sites (N-methyl/N-ethyl adjacent to an activating group) is 1. The van der Waals surface area contributed by atoms with Crippen molar-refractivity contribution in [3.05, 3.63) is 11.9 Å². The predicted molar refractivity (Wildman–Crippen MR) is 77.0 cm³/mol. The van der Waals surface area contributed by atoms with Gasteiger partial charge in [-0.1, -0.05) is 12.1 Å². The zero-order valence-electron chi connectivity index (χ0n) is 12.7. The summed E-state index contributed by atoms with van der Waals surface area (Å²) >= 11 is 0. The summed E-state index contributed by atoms with van der Waals surface area (Å²) in [7, 11) is 0. The van der Waals surface area contributed by atoms with Gasteiger partial charge in [-0.2, -0.15) is 0 Å². The van der Waals surface area contributed by atoms with Gasteiger partial charge in [0.05, 0.1) is 17.4 Å². The molecule has 0 aromatic carbocycles. The Kier molecular flexibility index (Phi) is 4.58. The van der Waals surface area contributed by atoms with Gasteiger partial charge in [0.2, 0.25) is 0 Å². The summed E-state index contributed by atoms with van der Waals surface area (Å²) in [6.45, 7) is 12.8. The molecule has 1 aromatic rings. The summed E-state index contributed by atoms with van der Waals surface area (Å²) in [6.07, 6.45) is 4.80. The summed E-state index contributed by atoms with van der Waals surface area (Å²) < 4.78 is 1.92. The van der Waals surface area contributed by atoms with Gasteiger partial charge in [0, 0.05) is 25.7 Å². The summed E-state index contributed by atoms with van der Waals surface area (Å²) in [4.78, 5) is 2.55. The zero-order valence-corrected chi connectivity index (χ0v) is 12.7. The van der Waals surface area contributed by atoms with Gasteiger partial charge in [-0.15, -0.1) is 5.10 Å². The van der Waals surface area contributed by atoms with E-state index in [9.17, 15) is 0 Å². The third kappa shape index (κ3) is 4.28. The summed E-state index contributed by atoms with van der Waals surface area (Å²) in [5.41, 5.74) is 1.03. The van der Waals surface area contributed by atoms with Gasteiger partial charge in [-0.3, -0.25) is 4.90 Å². The first-order chi connectivity index (χ1) is 9.00. The minimum atomic E-state index is 0.0102. The van der Waals surface area contributed by atoms with Gasteiger partial charge in [0.25, 0.3) is 0 Å². The average molecular weight is 265 g/mol. The van der Waals surface area contributed by atoms with Crippen LogP contribution in [-0.2, 0) is 12.1 Å². The molecule has 0 radical (unpaired) electrons. The Labute approximate surface area is 116 Å². The van der Waals surface area contributed by atoms with Crippen LogP contribution in [0.2, 0.25) is 0 Å². The molecule has 1 fully saturated rings. The van der Waals surface area contributed by atoms with Gasteiger partial charge >= 0.3 is 0 Å². The monoisotopic (exact) mass is 265 g/mol. The van der Waals surface area contributed by atoms with Crippen molar-refractivity contribution in [3.63, 3.8) is 0 Å². The highest BCUT2D eigenvalue weighted by atomic mass is 15.4. The molecule has 2 rings (SSSR count). The number of nitrogens with zero attached hydrogens (tertiary/aromatic N) is 4. The normalized spacial score (nSPS) is 16.3. The molecule has 0 spiro atoms. The van der Waals surface area contributed by atoms with Crippen molar-refractivity contribution < 1.29 is 0 Å². The maximum atomic E-state index is 4.20. The predicted octanol–water partition coefficient (Wildman–Crippen LogP) is 1.61. The fraction of sp³-hybridized carbons (Fsp3) is 0.857. The van der Waals surface area contributed by atoms with E-state index >= 15 is 0 Å². The molecule has 1 aromatic heterocycles. The summed E-state index contributed by atoms with van der Waals surface area (Å²) in [5, 5.41) is 11.8. The molecule has 0 aliphatic heterocycles. The Morgan fingerprint density at radius 1 is 1.42 bits per heavy atom. The Morgan fingerprint density at radius 3 is 2.68 bits per heavy atom. The quantitative estimate of drug-likeness (QED) is 0.761. The summed E-state index contributed by atoms with van der Waals surface area (Å²) in [5.74, 6) is 0. The first-order valence-corrected chi connectivity index (χ1v) is 7.37. The molecule has 108 valence electrons. The largest absolute Gasteiger partial charge is 0.310 e. The molecule has 0 bridgehead atoms. The molecular formula is C14H27N5. The number of rotatable bonds is 7. The topological polar surface area (TPSA) is 46.0 Å². The van der Waals surface area contributed by atoms with E-state index in [0.717, 1.165) is 37.9 Å². The highest BCUT2D eigenvalue weighted by Crippen LogP contribution is 2.25. The van der Waals surface area contributed by atoms with Gasteiger partial charge in [-0.25, -0.2) is 4.68 Å². The van der Waals surface area contributed by atoms with Gasteiger partial charge in [-0.05, 0) is 40.2 Å². The highest BCUT2D eigenvalue weighted by molar-refractivity contribution is 4.94. The van der Waals surface area contributed by atoms with Crippen LogP contribution in [0, 0.1) is 0 Å². The molecule has 0 atom stereocenters. The number of hydrogen-bond donors (Lipinski definition) is 1. The lowest BCUT2D eigenvalue weighted by molar-refractivity contribution is 0.277. The van der Waals surface area contributed by atoms with Crippen molar-refractivity contribution in [2.75, 3.05) is 19.6 Å². The van der Waals surface area contributed by atoms with Crippen molar-refractivity contribution in [1.29, 1.82) is 0 Å². The Balaban J connectivity index is 1.69. The van der Waals surface area contributed by atoms with Crippen LogP contribution in [0.5, 0.6) is 0 Å². The number of hydrogen-bond acceptors (Lipinski definition) is 4. The molecule has 1 aliphatic carbocycles. The smallest absolute Gasteiger partial charge is 0.0965 e.